The van der Waals surface area contributed by atoms with Gasteiger partial charge in [-0.2, -0.15) is 0 Å². The van der Waals surface area contributed by atoms with E-state index in [4.69, 9.17) is 11.6 Å². The fourth-order valence-electron chi connectivity index (χ4n) is 1.99. The predicted octanol–water partition coefficient (Wildman–Crippen LogP) is 3.68. The molecular weight excluding hydrogens is 232 g/mol. The number of fused-ring (bicyclic) bond motifs is 1. The van der Waals surface area contributed by atoms with E-state index in [1.807, 2.05) is 12.1 Å². The molecule has 1 aromatic carbocycles. The summed E-state index contributed by atoms with van der Waals surface area (Å²) in [6.07, 6.45) is 4.63. The molecule has 0 amide bonds. The number of hydrogen-bond donors (Lipinski definition) is 1. The van der Waals surface area contributed by atoms with Crippen LogP contribution in [0.25, 0.3) is 10.9 Å². The maximum absolute atomic E-state index is 5.97. The lowest BCUT2D eigenvalue weighted by molar-refractivity contribution is 0.588. The van der Waals surface area contributed by atoms with Gasteiger partial charge in [-0.25, -0.2) is 0 Å². The van der Waals surface area contributed by atoms with Crippen molar-refractivity contribution in [2.24, 2.45) is 0 Å². The summed E-state index contributed by atoms with van der Waals surface area (Å²) >= 11 is 5.97. The van der Waals surface area contributed by atoms with Gasteiger partial charge in [-0.3, -0.25) is 0 Å². The molecule has 0 saturated heterocycles. The molecule has 0 saturated carbocycles. The van der Waals surface area contributed by atoms with Crippen LogP contribution in [0.3, 0.4) is 0 Å². The predicted molar refractivity (Wildman–Crippen MR) is 74.7 cm³/mol. The fourth-order valence-corrected chi connectivity index (χ4v) is 2.17. The highest BCUT2D eigenvalue weighted by Crippen LogP contribution is 2.20. The van der Waals surface area contributed by atoms with Crippen LogP contribution in [-0.2, 0) is 6.54 Å². The fraction of sp³-hybridized carbons (Fsp3) is 0.429. The molecule has 0 fully saturated rings. The number of unbranched alkanes of at least 4 members (excludes halogenated alkanes) is 1. The Kier molecular flexibility index (Phi) is 4.46. The zero-order valence-corrected chi connectivity index (χ0v) is 11.0. The van der Waals surface area contributed by atoms with E-state index < -0.39 is 0 Å². The van der Waals surface area contributed by atoms with Gasteiger partial charge in [0.15, 0.2) is 0 Å². The maximum Gasteiger partial charge on any atom is 0.0481 e. The van der Waals surface area contributed by atoms with Gasteiger partial charge in [0.1, 0.15) is 0 Å². The zero-order chi connectivity index (χ0) is 12.1. The summed E-state index contributed by atoms with van der Waals surface area (Å²) in [5.74, 6) is 0. The Hall–Kier alpha value is -0.990. The molecule has 1 N–H and O–H groups in total. The third kappa shape index (κ3) is 3.24. The van der Waals surface area contributed by atoms with Gasteiger partial charge in [-0.15, -0.1) is 0 Å². The standard InChI is InChI=1S/C14H19ClN2/c1-2-3-7-16-8-10-17-9-6-12-11-13(15)4-5-14(12)17/h4-6,9,11,16H,2-3,7-8,10H2,1H3. The van der Waals surface area contributed by atoms with Gasteiger partial charge in [0.25, 0.3) is 0 Å². The van der Waals surface area contributed by atoms with Crippen LogP contribution in [0.5, 0.6) is 0 Å². The van der Waals surface area contributed by atoms with E-state index in [0.29, 0.717) is 0 Å². The van der Waals surface area contributed by atoms with E-state index in [1.54, 1.807) is 0 Å². The smallest absolute Gasteiger partial charge is 0.0481 e. The normalized spacial score (nSPS) is 11.2. The number of rotatable bonds is 6. The minimum atomic E-state index is 0.802. The van der Waals surface area contributed by atoms with E-state index in [-0.39, 0.29) is 0 Å². The molecule has 92 valence electrons. The third-order valence-corrected chi connectivity index (χ3v) is 3.20. The molecule has 2 nitrogen and oxygen atoms in total. The van der Waals surface area contributed by atoms with Crippen LogP contribution in [0, 0.1) is 0 Å². The Morgan fingerprint density at radius 2 is 2.12 bits per heavy atom. The van der Waals surface area contributed by atoms with Gasteiger partial charge in [0.2, 0.25) is 0 Å². The van der Waals surface area contributed by atoms with Gasteiger partial charge < -0.3 is 9.88 Å². The molecule has 0 aliphatic carbocycles. The van der Waals surface area contributed by atoms with E-state index in [2.05, 4.69) is 35.1 Å². The molecule has 0 aliphatic heterocycles. The monoisotopic (exact) mass is 250 g/mol. The van der Waals surface area contributed by atoms with Crippen LogP contribution < -0.4 is 5.32 Å². The topological polar surface area (TPSA) is 17.0 Å². The lowest BCUT2D eigenvalue weighted by Crippen LogP contribution is -2.20. The lowest BCUT2D eigenvalue weighted by atomic mass is 10.2. The molecule has 1 heterocycles. The summed E-state index contributed by atoms with van der Waals surface area (Å²) in [4.78, 5) is 0. The Morgan fingerprint density at radius 1 is 1.24 bits per heavy atom. The number of hydrogen-bond acceptors (Lipinski definition) is 1. The highest BCUT2D eigenvalue weighted by atomic mass is 35.5. The first-order chi connectivity index (χ1) is 8.31. The van der Waals surface area contributed by atoms with Crippen LogP contribution in [0.15, 0.2) is 30.5 Å². The third-order valence-electron chi connectivity index (χ3n) is 2.97. The van der Waals surface area contributed by atoms with Crippen molar-refractivity contribution in [3.8, 4) is 0 Å². The van der Waals surface area contributed by atoms with Gasteiger partial charge in [0.05, 0.1) is 0 Å². The van der Waals surface area contributed by atoms with Crippen molar-refractivity contribution in [1.82, 2.24) is 9.88 Å². The van der Waals surface area contributed by atoms with Crippen LogP contribution in [0.2, 0.25) is 5.02 Å². The van der Waals surface area contributed by atoms with Gasteiger partial charge in [-0.1, -0.05) is 24.9 Å². The molecule has 0 radical (unpaired) electrons. The average molecular weight is 251 g/mol. The molecule has 17 heavy (non-hydrogen) atoms. The lowest BCUT2D eigenvalue weighted by Gasteiger charge is -2.07. The molecule has 0 bridgehead atoms. The highest BCUT2D eigenvalue weighted by molar-refractivity contribution is 6.31. The SMILES string of the molecule is CCCCNCCn1ccc2cc(Cl)ccc21. The first-order valence-corrected chi connectivity index (χ1v) is 6.64. The molecule has 3 heteroatoms. The quantitative estimate of drug-likeness (QED) is 0.774. The minimum Gasteiger partial charge on any atom is -0.346 e. The molecule has 0 spiro atoms. The second-order valence-corrected chi connectivity index (χ2v) is 4.75. The van der Waals surface area contributed by atoms with Gasteiger partial charge >= 0.3 is 0 Å². The number of aromatic nitrogens is 1. The zero-order valence-electron chi connectivity index (χ0n) is 10.2. The summed E-state index contributed by atoms with van der Waals surface area (Å²) in [6.45, 7) is 5.35. The van der Waals surface area contributed by atoms with E-state index in [0.717, 1.165) is 24.7 Å². The average Bonchev–Trinajstić information content (AvgIpc) is 2.71. The molecule has 1 aromatic heterocycles. The second-order valence-electron chi connectivity index (χ2n) is 4.32. The number of halogens is 1. The van der Waals surface area contributed by atoms with Crippen LogP contribution in [-0.4, -0.2) is 17.7 Å². The Labute approximate surface area is 108 Å². The van der Waals surface area contributed by atoms with Crippen molar-refractivity contribution < 1.29 is 0 Å². The van der Waals surface area contributed by atoms with Gasteiger partial charge in [-0.05, 0) is 37.2 Å². The highest BCUT2D eigenvalue weighted by Gasteiger charge is 2.00. The Morgan fingerprint density at radius 3 is 2.94 bits per heavy atom. The van der Waals surface area contributed by atoms with Crippen LogP contribution >= 0.6 is 11.6 Å². The summed E-state index contributed by atoms with van der Waals surface area (Å²) < 4.78 is 2.27. The minimum absolute atomic E-state index is 0.802. The first kappa shape index (κ1) is 12.5. The van der Waals surface area contributed by atoms with E-state index >= 15 is 0 Å². The van der Waals surface area contributed by atoms with Crippen molar-refractivity contribution in [1.29, 1.82) is 0 Å². The molecule has 2 rings (SSSR count). The first-order valence-electron chi connectivity index (χ1n) is 6.26. The summed E-state index contributed by atoms with van der Waals surface area (Å²) in [6, 6.07) is 8.17. The molecule has 0 aliphatic rings. The number of nitrogens with zero attached hydrogens (tertiary/aromatic N) is 1. The van der Waals surface area contributed by atoms with Crippen molar-refractivity contribution >= 4 is 22.5 Å². The number of nitrogens with one attached hydrogen (secondary N) is 1. The van der Waals surface area contributed by atoms with Gasteiger partial charge in [0, 0.05) is 35.2 Å². The maximum atomic E-state index is 5.97. The Bertz CT molecular complexity index is 476. The Balaban J connectivity index is 1.95. The molecule has 0 atom stereocenters. The van der Waals surface area contributed by atoms with Crippen molar-refractivity contribution in [3.63, 3.8) is 0 Å². The molecule has 0 unspecified atom stereocenters. The largest absolute Gasteiger partial charge is 0.346 e. The van der Waals surface area contributed by atoms with Crippen molar-refractivity contribution in [2.75, 3.05) is 13.1 Å². The van der Waals surface area contributed by atoms with Crippen LogP contribution in [0.4, 0.5) is 0 Å². The second kappa shape index (κ2) is 6.08. The summed E-state index contributed by atoms with van der Waals surface area (Å²) in [5, 5.41) is 5.47. The van der Waals surface area contributed by atoms with E-state index in [9.17, 15) is 0 Å². The molecular formula is C14H19ClN2. The van der Waals surface area contributed by atoms with Crippen molar-refractivity contribution in [3.05, 3.63) is 35.5 Å². The molecule has 2 aromatic rings. The summed E-state index contributed by atoms with van der Waals surface area (Å²) in [5.41, 5.74) is 1.26. The van der Waals surface area contributed by atoms with Crippen molar-refractivity contribution in [2.45, 2.75) is 26.3 Å². The van der Waals surface area contributed by atoms with E-state index in [1.165, 1.54) is 23.7 Å². The summed E-state index contributed by atoms with van der Waals surface area (Å²) in [7, 11) is 0. The number of benzene rings is 1. The van der Waals surface area contributed by atoms with Crippen LogP contribution in [0.1, 0.15) is 19.8 Å².